The van der Waals surface area contributed by atoms with Gasteiger partial charge < -0.3 is 11.1 Å². The van der Waals surface area contributed by atoms with Gasteiger partial charge >= 0.3 is 0 Å². The number of carbonyl (C=O) groups is 1. The van der Waals surface area contributed by atoms with Crippen molar-refractivity contribution in [3.63, 3.8) is 0 Å². The molecule has 4 nitrogen and oxygen atoms in total. The van der Waals surface area contributed by atoms with Crippen LogP contribution in [0.2, 0.25) is 10.0 Å². The molecule has 0 aliphatic rings. The van der Waals surface area contributed by atoms with Crippen LogP contribution in [0.4, 0.5) is 11.5 Å². The van der Waals surface area contributed by atoms with Gasteiger partial charge in [0.05, 0.1) is 15.7 Å². The molecule has 0 atom stereocenters. The van der Waals surface area contributed by atoms with Crippen LogP contribution in [0.3, 0.4) is 0 Å². The van der Waals surface area contributed by atoms with Crippen molar-refractivity contribution in [1.82, 2.24) is 4.98 Å². The predicted octanol–water partition coefficient (Wildman–Crippen LogP) is 3.22. The van der Waals surface area contributed by atoms with Gasteiger partial charge in [-0.1, -0.05) is 29.3 Å². The second-order valence-corrected chi connectivity index (χ2v) is 4.34. The van der Waals surface area contributed by atoms with Gasteiger partial charge in [0.1, 0.15) is 5.82 Å². The molecular formula is C12H9Cl2N3O. The summed E-state index contributed by atoms with van der Waals surface area (Å²) in [6.45, 7) is 0. The summed E-state index contributed by atoms with van der Waals surface area (Å²) in [6.07, 6.45) is 1.58. The Morgan fingerprint density at radius 2 is 1.89 bits per heavy atom. The lowest BCUT2D eigenvalue weighted by Crippen LogP contribution is -2.13. The number of nitrogens with two attached hydrogens (primary N) is 1. The molecule has 0 bridgehead atoms. The van der Waals surface area contributed by atoms with Crippen LogP contribution in [0, 0.1) is 0 Å². The maximum Gasteiger partial charge on any atom is 0.256 e. The topological polar surface area (TPSA) is 68.0 Å². The van der Waals surface area contributed by atoms with Crippen molar-refractivity contribution < 1.29 is 4.79 Å². The molecular weight excluding hydrogens is 273 g/mol. The zero-order chi connectivity index (χ0) is 13.1. The van der Waals surface area contributed by atoms with Crippen molar-refractivity contribution in [2.45, 2.75) is 0 Å². The number of carbonyl (C=O) groups excluding carboxylic acids is 1. The quantitative estimate of drug-likeness (QED) is 0.831. The molecule has 0 fully saturated rings. The van der Waals surface area contributed by atoms with Gasteiger partial charge in [-0.2, -0.15) is 0 Å². The number of rotatable bonds is 2. The third-order valence-electron chi connectivity index (χ3n) is 2.25. The van der Waals surface area contributed by atoms with E-state index in [1.54, 1.807) is 24.4 Å². The average Bonchev–Trinajstić information content (AvgIpc) is 2.36. The zero-order valence-electron chi connectivity index (χ0n) is 9.15. The van der Waals surface area contributed by atoms with E-state index in [2.05, 4.69) is 10.3 Å². The van der Waals surface area contributed by atoms with Crippen molar-refractivity contribution in [3.8, 4) is 0 Å². The van der Waals surface area contributed by atoms with Gasteiger partial charge in [-0.3, -0.25) is 4.79 Å². The van der Waals surface area contributed by atoms with Crippen molar-refractivity contribution in [2.75, 3.05) is 11.1 Å². The molecule has 0 aliphatic carbocycles. The minimum atomic E-state index is -0.350. The molecule has 2 aromatic rings. The number of nitrogens with one attached hydrogen (secondary N) is 1. The largest absolute Gasteiger partial charge is 0.396 e. The highest BCUT2D eigenvalue weighted by Crippen LogP contribution is 2.29. The number of aromatic nitrogens is 1. The summed E-state index contributed by atoms with van der Waals surface area (Å²) in [5, 5.41) is 3.11. The molecule has 92 valence electrons. The summed E-state index contributed by atoms with van der Waals surface area (Å²) < 4.78 is 0. The van der Waals surface area contributed by atoms with Crippen LogP contribution in [-0.2, 0) is 0 Å². The number of hydrogen-bond acceptors (Lipinski definition) is 3. The minimum absolute atomic E-state index is 0.244. The van der Waals surface area contributed by atoms with Gasteiger partial charge in [-0.15, -0.1) is 0 Å². The first-order valence-electron chi connectivity index (χ1n) is 5.05. The van der Waals surface area contributed by atoms with E-state index in [9.17, 15) is 4.79 Å². The predicted molar refractivity (Wildman–Crippen MR) is 73.1 cm³/mol. The summed E-state index contributed by atoms with van der Waals surface area (Å²) in [5.74, 6) is 0.101. The fourth-order valence-corrected chi connectivity index (χ4v) is 1.83. The highest BCUT2D eigenvalue weighted by molar-refractivity contribution is 6.39. The van der Waals surface area contributed by atoms with Crippen LogP contribution in [-0.4, -0.2) is 10.9 Å². The van der Waals surface area contributed by atoms with Gasteiger partial charge in [0.2, 0.25) is 0 Å². The smallest absolute Gasteiger partial charge is 0.256 e. The number of hydrogen-bond donors (Lipinski definition) is 2. The van der Waals surface area contributed by atoms with Crippen LogP contribution in [0.25, 0.3) is 0 Å². The van der Waals surface area contributed by atoms with Gasteiger partial charge in [-0.25, -0.2) is 4.98 Å². The maximum atomic E-state index is 11.9. The molecule has 0 saturated heterocycles. The van der Waals surface area contributed by atoms with Gasteiger partial charge in [0.15, 0.2) is 0 Å². The molecule has 0 radical (unpaired) electrons. The fraction of sp³-hybridized carbons (Fsp3) is 0. The molecule has 1 amide bonds. The SMILES string of the molecule is Nc1c(Cl)cc(C(=O)Nc2ccccn2)cc1Cl. The molecule has 1 aromatic carbocycles. The Bertz CT molecular complexity index is 564. The molecule has 3 N–H and O–H groups in total. The third kappa shape index (κ3) is 2.72. The standard InChI is InChI=1S/C12H9Cl2N3O/c13-8-5-7(6-9(14)11(8)15)12(18)17-10-3-1-2-4-16-10/h1-6H,15H2,(H,16,17,18). The summed E-state index contributed by atoms with van der Waals surface area (Å²) in [7, 11) is 0. The fourth-order valence-electron chi connectivity index (χ4n) is 1.34. The Balaban J connectivity index is 2.25. The van der Waals surface area contributed by atoms with E-state index >= 15 is 0 Å². The van der Waals surface area contributed by atoms with E-state index in [1.807, 2.05) is 0 Å². The molecule has 0 spiro atoms. The number of benzene rings is 1. The van der Waals surface area contributed by atoms with Crippen LogP contribution in [0.1, 0.15) is 10.4 Å². The lowest BCUT2D eigenvalue weighted by Gasteiger charge is -2.07. The Kier molecular flexibility index (Phi) is 3.69. The molecule has 0 aliphatic heterocycles. The Morgan fingerprint density at radius 1 is 1.22 bits per heavy atom. The zero-order valence-corrected chi connectivity index (χ0v) is 10.7. The van der Waals surface area contributed by atoms with E-state index < -0.39 is 0 Å². The maximum absolute atomic E-state index is 11.9. The first-order chi connectivity index (χ1) is 8.58. The lowest BCUT2D eigenvalue weighted by atomic mass is 10.2. The van der Waals surface area contributed by atoms with E-state index in [0.29, 0.717) is 11.4 Å². The number of pyridine rings is 1. The second kappa shape index (κ2) is 5.25. The first kappa shape index (κ1) is 12.7. The van der Waals surface area contributed by atoms with Crippen LogP contribution in [0.15, 0.2) is 36.5 Å². The third-order valence-corrected chi connectivity index (χ3v) is 2.87. The summed E-state index contributed by atoms with van der Waals surface area (Å²) in [4.78, 5) is 15.9. The van der Waals surface area contributed by atoms with Gasteiger partial charge in [0.25, 0.3) is 5.91 Å². The Hall–Kier alpha value is -1.78. The van der Waals surface area contributed by atoms with E-state index in [0.717, 1.165) is 0 Å². The number of anilines is 2. The van der Waals surface area contributed by atoms with Crippen molar-refractivity contribution in [1.29, 1.82) is 0 Å². The highest BCUT2D eigenvalue weighted by atomic mass is 35.5. The highest BCUT2D eigenvalue weighted by Gasteiger charge is 2.11. The Morgan fingerprint density at radius 3 is 2.44 bits per heavy atom. The number of nitrogen functional groups attached to an aromatic ring is 1. The Labute approximate surface area is 114 Å². The summed E-state index contributed by atoms with van der Waals surface area (Å²) in [6, 6.07) is 8.12. The van der Waals surface area contributed by atoms with Gasteiger partial charge in [0, 0.05) is 11.8 Å². The molecule has 0 saturated carbocycles. The summed E-state index contributed by atoms with van der Waals surface area (Å²) >= 11 is 11.7. The number of halogens is 2. The minimum Gasteiger partial charge on any atom is -0.396 e. The van der Waals surface area contributed by atoms with E-state index in [4.69, 9.17) is 28.9 Å². The van der Waals surface area contributed by atoms with Crippen LogP contribution >= 0.6 is 23.2 Å². The van der Waals surface area contributed by atoms with Gasteiger partial charge in [-0.05, 0) is 24.3 Å². The molecule has 1 aromatic heterocycles. The molecule has 2 rings (SSSR count). The van der Waals surface area contributed by atoms with Crippen molar-refractivity contribution in [2.24, 2.45) is 0 Å². The lowest BCUT2D eigenvalue weighted by molar-refractivity contribution is 0.102. The second-order valence-electron chi connectivity index (χ2n) is 3.52. The monoisotopic (exact) mass is 281 g/mol. The number of nitrogens with zero attached hydrogens (tertiary/aromatic N) is 1. The summed E-state index contributed by atoms with van der Waals surface area (Å²) in [5.41, 5.74) is 6.18. The molecule has 18 heavy (non-hydrogen) atoms. The van der Waals surface area contributed by atoms with Crippen LogP contribution in [0.5, 0.6) is 0 Å². The molecule has 1 heterocycles. The van der Waals surface area contributed by atoms with Crippen molar-refractivity contribution in [3.05, 3.63) is 52.1 Å². The first-order valence-corrected chi connectivity index (χ1v) is 5.80. The van der Waals surface area contributed by atoms with Crippen LogP contribution < -0.4 is 11.1 Å². The normalized spacial score (nSPS) is 10.1. The van der Waals surface area contributed by atoms with E-state index in [-0.39, 0.29) is 21.6 Å². The van der Waals surface area contributed by atoms with Crippen molar-refractivity contribution >= 4 is 40.6 Å². The van der Waals surface area contributed by atoms with E-state index in [1.165, 1.54) is 12.1 Å². The average molecular weight is 282 g/mol. The number of amides is 1. The molecule has 6 heteroatoms. The molecule has 0 unspecified atom stereocenters.